The normalized spacial score (nSPS) is 26.0. The average molecular weight is 259 g/mol. The van der Waals surface area contributed by atoms with Gasteiger partial charge < -0.3 is 10.0 Å². The lowest BCUT2D eigenvalue weighted by molar-refractivity contribution is 0.199. The lowest BCUT2D eigenvalue weighted by Crippen LogP contribution is -2.34. The molecule has 1 heterocycles. The zero-order chi connectivity index (χ0) is 13.2. The van der Waals surface area contributed by atoms with E-state index in [0.717, 1.165) is 17.5 Å². The Morgan fingerprint density at radius 3 is 2.37 bits per heavy atom. The van der Waals surface area contributed by atoms with Crippen LogP contribution in [0, 0.1) is 5.92 Å². The molecule has 104 valence electrons. The Labute approximate surface area is 116 Å². The minimum absolute atomic E-state index is 0.363. The van der Waals surface area contributed by atoms with E-state index in [2.05, 4.69) is 29.2 Å². The van der Waals surface area contributed by atoms with Gasteiger partial charge >= 0.3 is 0 Å². The van der Waals surface area contributed by atoms with Crippen molar-refractivity contribution in [3.8, 4) is 0 Å². The van der Waals surface area contributed by atoms with Crippen LogP contribution < -0.4 is 4.90 Å². The average Bonchev–Trinajstić information content (AvgIpc) is 3.09. The summed E-state index contributed by atoms with van der Waals surface area (Å²) in [5.41, 5.74) is 2.36. The molecule has 2 atom stereocenters. The second kappa shape index (κ2) is 5.54. The van der Waals surface area contributed by atoms with Crippen LogP contribution in [-0.4, -0.2) is 17.7 Å². The molecule has 2 nitrogen and oxygen atoms in total. The largest absolute Gasteiger partial charge is 0.389 e. The molecule has 1 N–H and O–H groups in total. The van der Waals surface area contributed by atoms with Crippen LogP contribution in [0.2, 0.25) is 0 Å². The molecule has 0 spiro atoms. The standard InChI is InChI=1S/C17H25NO/c1-13(19)14-8-10-16(11-9-14)18-12-4-7-17(18)15-5-2-3-6-15/h8-11,13,15,17,19H,2-7,12H2,1H3/t13-,17?/m0/s1. The third-order valence-electron chi connectivity index (χ3n) is 4.95. The summed E-state index contributed by atoms with van der Waals surface area (Å²) in [4.78, 5) is 2.61. The first-order valence-corrected chi connectivity index (χ1v) is 7.80. The predicted octanol–water partition coefficient (Wildman–Crippen LogP) is 3.90. The lowest BCUT2D eigenvalue weighted by atomic mass is 9.95. The van der Waals surface area contributed by atoms with E-state index in [4.69, 9.17) is 0 Å². The van der Waals surface area contributed by atoms with Crippen molar-refractivity contribution in [1.82, 2.24) is 0 Å². The van der Waals surface area contributed by atoms with Crippen molar-refractivity contribution >= 4 is 5.69 Å². The number of hydrogen-bond donors (Lipinski definition) is 1. The number of benzene rings is 1. The fourth-order valence-electron chi connectivity index (χ4n) is 3.89. The van der Waals surface area contributed by atoms with Gasteiger partial charge in [0.1, 0.15) is 0 Å². The summed E-state index contributed by atoms with van der Waals surface area (Å²) in [5, 5.41) is 9.59. The lowest BCUT2D eigenvalue weighted by Gasteiger charge is -2.31. The van der Waals surface area contributed by atoms with Gasteiger partial charge in [-0.25, -0.2) is 0 Å². The monoisotopic (exact) mass is 259 g/mol. The zero-order valence-electron chi connectivity index (χ0n) is 11.9. The Kier molecular flexibility index (Phi) is 3.79. The van der Waals surface area contributed by atoms with Gasteiger partial charge in [0.25, 0.3) is 0 Å². The highest BCUT2D eigenvalue weighted by atomic mass is 16.3. The number of nitrogens with zero attached hydrogens (tertiary/aromatic N) is 1. The van der Waals surface area contributed by atoms with Gasteiger partial charge in [-0.1, -0.05) is 25.0 Å². The van der Waals surface area contributed by atoms with Crippen molar-refractivity contribution in [2.75, 3.05) is 11.4 Å². The summed E-state index contributed by atoms with van der Waals surface area (Å²) >= 11 is 0. The van der Waals surface area contributed by atoms with Crippen molar-refractivity contribution < 1.29 is 5.11 Å². The topological polar surface area (TPSA) is 23.5 Å². The molecule has 3 rings (SSSR count). The Hall–Kier alpha value is -1.02. The van der Waals surface area contributed by atoms with Gasteiger partial charge in [-0.05, 0) is 56.2 Å². The van der Waals surface area contributed by atoms with Crippen molar-refractivity contribution in [1.29, 1.82) is 0 Å². The smallest absolute Gasteiger partial charge is 0.0761 e. The molecule has 1 unspecified atom stereocenters. The van der Waals surface area contributed by atoms with Crippen LogP contribution in [0.5, 0.6) is 0 Å². The second-order valence-electron chi connectivity index (χ2n) is 6.22. The second-order valence-corrected chi connectivity index (χ2v) is 6.22. The van der Waals surface area contributed by atoms with E-state index in [0.29, 0.717) is 0 Å². The van der Waals surface area contributed by atoms with E-state index in [-0.39, 0.29) is 6.10 Å². The molecule has 1 aliphatic carbocycles. The Bertz CT molecular complexity index is 406. The van der Waals surface area contributed by atoms with Crippen LogP contribution in [0.1, 0.15) is 57.1 Å². The summed E-state index contributed by atoms with van der Waals surface area (Å²) in [6.45, 7) is 3.03. The predicted molar refractivity (Wildman–Crippen MR) is 79.4 cm³/mol. The quantitative estimate of drug-likeness (QED) is 0.890. The minimum atomic E-state index is -0.363. The molecule has 1 aromatic carbocycles. The van der Waals surface area contributed by atoms with E-state index in [1.54, 1.807) is 0 Å². The van der Waals surface area contributed by atoms with Gasteiger partial charge in [-0.15, -0.1) is 0 Å². The molecule has 2 heteroatoms. The highest BCUT2D eigenvalue weighted by Crippen LogP contribution is 2.37. The molecule has 1 aliphatic heterocycles. The summed E-state index contributed by atoms with van der Waals surface area (Å²) in [6, 6.07) is 9.29. The van der Waals surface area contributed by atoms with E-state index in [1.165, 1.54) is 50.8 Å². The van der Waals surface area contributed by atoms with Crippen molar-refractivity contribution in [2.24, 2.45) is 5.92 Å². The van der Waals surface area contributed by atoms with Gasteiger partial charge in [-0.2, -0.15) is 0 Å². The first kappa shape index (κ1) is 13.0. The number of hydrogen-bond acceptors (Lipinski definition) is 2. The van der Waals surface area contributed by atoms with Crippen molar-refractivity contribution in [2.45, 2.75) is 57.6 Å². The highest BCUT2D eigenvalue weighted by molar-refractivity contribution is 5.50. The SMILES string of the molecule is C[C@H](O)c1ccc(N2CCCC2C2CCCC2)cc1. The van der Waals surface area contributed by atoms with Gasteiger partial charge in [0.15, 0.2) is 0 Å². The van der Waals surface area contributed by atoms with E-state index < -0.39 is 0 Å². The molecule has 2 aliphatic rings. The summed E-state index contributed by atoms with van der Waals surface area (Å²) < 4.78 is 0. The molecule has 0 bridgehead atoms. The molecule has 0 aromatic heterocycles. The van der Waals surface area contributed by atoms with E-state index in [1.807, 2.05) is 6.92 Å². The van der Waals surface area contributed by atoms with Crippen LogP contribution in [-0.2, 0) is 0 Å². The van der Waals surface area contributed by atoms with Crippen LogP contribution in [0.4, 0.5) is 5.69 Å². The maximum absolute atomic E-state index is 9.59. The fraction of sp³-hybridized carbons (Fsp3) is 0.647. The number of aliphatic hydroxyl groups excluding tert-OH is 1. The third-order valence-corrected chi connectivity index (χ3v) is 4.95. The van der Waals surface area contributed by atoms with E-state index in [9.17, 15) is 5.11 Å². The summed E-state index contributed by atoms with van der Waals surface area (Å²) in [6.07, 6.45) is 8.03. The summed E-state index contributed by atoms with van der Waals surface area (Å²) in [5.74, 6) is 0.916. The summed E-state index contributed by atoms with van der Waals surface area (Å²) in [7, 11) is 0. The Morgan fingerprint density at radius 1 is 1.05 bits per heavy atom. The first-order valence-electron chi connectivity index (χ1n) is 7.80. The molecule has 2 fully saturated rings. The van der Waals surface area contributed by atoms with Gasteiger partial charge in [0.05, 0.1) is 6.10 Å². The maximum Gasteiger partial charge on any atom is 0.0761 e. The van der Waals surface area contributed by atoms with Crippen LogP contribution in [0.15, 0.2) is 24.3 Å². The molecule has 0 radical (unpaired) electrons. The zero-order valence-corrected chi connectivity index (χ0v) is 11.9. The van der Waals surface area contributed by atoms with Crippen molar-refractivity contribution in [3.05, 3.63) is 29.8 Å². The molecule has 1 aromatic rings. The molecular weight excluding hydrogens is 234 g/mol. The van der Waals surface area contributed by atoms with Gasteiger partial charge in [0, 0.05) is 18.3 Å². The number of aliphatic hydroxyl groups is 1. The van der Waals surface area contributed by atoms with Crippen LogP contribution in [0.25, 0.3) is 0 Å². The fourth-order valence-corrected chi connectivity index (χ4v) is 3.89. The Morgan fingerprint density at radius 2 is 1.74 bits per heavy atom. The number of rotatable bonds is 3. The van der Waals surface area contributed by atoms with Crippen LogP contribution in [0.3, 0.4) is 0 Å². The molecular formula is C17H25NO. The first-order chi connectivity index (χ1) is 9.25. The molecule has 0 amide bonds. The minimum Gasteiger partial charge on any atom is -0.389 e. The molecule has 1 saturated heterocycles. The van der Waals surface area contributed by atoms with Crippen LogP contribution >= 0.6 is 0 Å². The third kappa shape index (κ3) is 2.64. The van der Waals surface area contributed by atoms with Crippen molar-refractivity contribution in [3.63, 3.8) is 0 Å². The van der Waals surface area contributed by atoms with E-state index >= 15 is 0 Å². The Balaban J connectivity index is 1.76. The maximum atomic E-state index is 9.59. The highest BCUT2D eigenvalue weighted by Gasteiger charge is 2.33. The van der Waals surface area contributed by atoms with Gasteiger partial charge in [0.2, 0.25) is 0 Å². The molecule has 19 heavy (non-hydrogen) atoms. The van der Waals surface area contributed by atoms with Gasteiger partial charge in [-0.3, -0.25) is 0 Å². The number of anilines is 1. The molecule has 1 saturated carbocycles.